The van der Waals surface area contributed by atoms with Crippen LogP contribution >= 0.6 is 12.2 Å². The van der Waals surface area contributed by atoms with Crippen LogP contribution in [-0.2, 0) is 4.79 Å². The summed E-state index contributed by atoms with van der Waals surface area (Å²) in [7, 11) is 0. The van der Waals surface area contributed by atoms with E-state index in [0.717, 1.165) is 28.0 Å². The normalized spacial score (nSPS) is 10.2. The molecule has 2 aromatic carbocycles. The summed E-state index contributed by atoms with van der Waals surface area (Å²) in [4.78, 5) is 12.4. The molecule has 0 saturated carbocycles. The number of benzene rings is 2. The molecule has 0 fully saturated rings. The van der Waals surface area contributed by atoms with Crippen molar-refractivity contribution in [1.29, 1.82) is 0 Å². The predicted molar refractivity (Wildman–Crippen MR) is 97.1 cm³/mol. The average Bonchev–Trinajstić information content (AvgIpc) is 2.51. The Morgan fingerprint density at radius 1 is 1.09 bits per heavy atom. The second-order valence-corrected chi connectivity index (χ2v) is 5.87. The van der Waals surface area contributed by atoms with E-state index in [4.69, 9.17) is 22.7 Å². The van der Waals surface area contributed by atoms with Gasteiger partial charge in [-0.1, -0.05) is 24.4 Å². The van der Waals surface area contributed by atoms with Gasteiger partial charge in [-0.25, -0.2) is 0 Å². The van der Waals surface area contributed by atoms with Crippen LogP contribution in [0.3, 0.4) is 0 Å². The van der Waals surface area contributed by atoms with Gasteiger partial charge in [0.1, 0.15) is 10.7 Å². The molecule has 0 heterocycles. The molecule has 0 unspecified atom stereocenters. The molecule has 0 radical (unpaired) electrons. The maximum absolute atomic E-state index is 12.0. The molecule has 3 N–H and O–H groups in total. The molecule has 0 spiro atoms. The molecule has 0 saturated heterocycles. The Kier molecular flexibility index (Phi) is 5.34. The van der Waals surface area contributed by atoms with Gasteiger partial charge >= 0.3 is 0 Å². The zero-order chi connectivity index (χ0) is 17.0. The fourth-order valence-corrected chi connectivity index (χ4v) is 2.34. The molecule has 0 aliphatic heterocycles. The Bertz CT molecular complexity index is 739. The molecule has 0 aromatic heterocycles. The number of aryl methyl sites for hydroxylation is 2. The first-order valence-corrected chi connectivity index (χ1v) is 7.68. The summed E-state index contributed by atoms with van der Waals surface area (Å²) in [6.45, 7) is 5.94. The summed E-state index contributed by atoms with van der Waals surface area (Å²) in [6.07, 6.45) is 0. The topological polar surface area (TPSA) is 64.3 Å². The summed E-state index contributed by atoms with van der Waals surface area (Å²) in [6, 6.07) is 11.1. The summed E-state index contributed by atoms with van der Waals surface area (Å²) in [5.74, 6) is 0.553. The number of rotatable bonds is 5. The van der Waals surface area contributed by atoms with E-state index in [1.165, 1.54) is 0 Å². The first-order valence-electron chi connectivity index (χ1n) is 7.28. The van der Waals surface area contributed by atoms with Crippen LogP contribution in [0.15, 0.2) is 36.4 Å². The number of hydrogen-bond acceptors (Lipinski definition) is 3. The Balaban J connectivity index is 1.98. The minimum Gasteiger partial charge on any atom is -0.483 e. The number of nitrogens with one attached hydrogen (secondary N) is 1. The highest BCUT2D eigenvalue weighted by Gasteiger charge is 2.09. The van der Waals surface area contributed by atoms with Crippen molar-refractivity contribution in [2.75, 3.05) is 11.9 Å². The molecule has 2 rings (SSSR count). The summed E-state index contributed by atoms with van der Waals surface area (Å²) in [5.41, 5.74) is 10.2. The molecule has 0 bridgehead atoms. The first kappa shape index (κ1) is 17.0. The standard InChI is InChI=1S/C18H20N2O2S/c1-11-4-5-12(2)17(13(11)3)22-10-16(21)20-15-8-6-14(7-9-15)18(19)23/h4-9H,10H2,1-3H3,(H2,19,23)(H,20,21). The third-order valence-corrected chi connectivity index (χ3v) is 3.91. The molecule has 4 nitrogen and oxygen atoms in total. The van der Waals surface area contributed by atoms with Crippen LogP contribution in [0.1, 0.15) is 22.3 Å². The van der Waals surface area contributed by atoms with E-state index >= 15 is 0 Å². The smallest absolute Gasteiger partial charge is 0.262 e. The van der Waals surface area contributed by atoms with Crippen molar-refractivity contribution in [3.05, 3.63) is 58.7 Å². The second-order valence-electron chi connectivity index (χ2n) is 5.43. The highest BCUT2D eigenvalue weighted by atomic mass is 32.1. The molecular formula is C18H20N2O2S. The lowest BCUT2D eigenvalue weighted by Gasteiger charge is -2.14. The van der Waals surface area contributed by atoms with Gasteiger partial charge in [0.2, 0.25) is 0 Å². The maximum atomic E-state index is 12.0. The molecule has 0 atom stereocenters. The number of nitrogens with two attached hydrogens (primary N) is 1. The first-order chi connectivity index (χ1) is 10.9. The summed E-state index contributed by atoms with van der Waals surface area (Å²) < 4.78 is 5.69. The Morgan fingerprint density at radius 2 is 1.70 bits per heavy atom. The van der Waals surface area contributed by atoms with Crippen LogP contribution in [0.5, 0.6) is 5.75 Å². The SMILES string of the molecule is Cc1ccc(C)c(OCC(=O)Nc2ccc(C(N)=S)cc2)c1C. The molecule has 0 aliphatic carbocycles. The van der Waals surface area contributed by atoms with Crippen molar-refractivity contribution in [2.45, 2.75) is 20.8 Å². The van der Waals surface area contributed by atoms with Crippen molar-refractivity contribution in [2.24, 2.45) is 5.73 Å². The van der Waals surface area contributed by atoms with E-state index in [-0.39, 0.29) is 12.5 Å². The van der Waals surface area contributed by atoms with Crippen LogP contribution in [-0.4, -0.2) is 17.5 Å². The van der Waals surface area contributed by atoms with Gasteiger partial charge in [-0.05, 0) is 61.7 Å². The van der Waals surface area contributed by atoms with Crippen LogP contribution in [0.2, 0.25) is 0 Å². The van der Waals surface area contributed by atoms with Crippen LogP contribution in [0, 0.1) is 20.8 Å². The third kappa shape index (κ3) is 4.29. The van der Waals surface area contributed by atoms with Crippen molar-refractivity contribution in [3.8, 4) is 5.75 Å². The Hall–Kier alpha value is -2.40. The average molecular weight is 328 g/mol. The van der Waals surface area contributed by atoms with Crippen molar-refractivity contribution in [3.63, 3.8) is 0 Å². The molecule has 23 heavy (non-hydrogen) atoms. The minimum atomic E-state index is -0.214. The van der Waals surface area contributed by atoms with Crippen molar-refractivity contribution >= 4 is 28.8 Å². The maximum Gasteiger partial charge on any atom is 0.262 e. The summed E-state index contributed by atoms with van der Waals surface area (Å²) in [5, 5.41) is 2.78. The Labute approximate surface area is 141 Å². The van der Waals surface area contributed by atoms with Crippen molar-refractivity contribution in [1.82, 2.24) is 0 Å². The zero-order valence-corrected chi connectivity index (χ0v) is 14.3. The zero-order valence-electron chi connectivity index (χ0n) is 13.5. The molecule has 0 aliphatic rings. The molecule has 1 amide bonds. The van der Waals surface area contributed by atoms with Crippen LogP contribution < -0.4 is 15.8 Å². The van der Waals surface area contributed by atoms with Gasteiger partial charge in [0, 0.05) is 11.3 Å². The van der Waals surface area contributed by atoms with E-state index in [2.05, 4.69) is 5.32 Å². The molecule has 2 aromatic rings. The highest BCUT2D eigenvalue weighted by Crippen LogP contribution is 2.25. The lowest BCUT2D eigenvalue weighted by Crippen LogP contribution is -2.21. The van der Waals surface area contributed by atoms with E-state index in [0.29, 0.717) is 10.7 Å². The van der Waals surface area contributed by atoms with Gasteiger partial charge < -0.3 is 15.8 Å². The van der Waals surface area contributed by atoms with Crippen LogP contribution in [0.25, 0.3) is 0 Å². The molecule has 120 valence electrons. The number of amides is 1. The van der Waals surface area contributed by atoms with E-state index in [1.54, 1.807) is 24.3 Å². The fraction of sp³-hybridized carbons (Fsp3) is 0.222. The number of carbonyl (C=O) groups is 1. The number of thiocarbonyl (C=S) groups is 1. The predicted octanol–water partition coefficient (Wildman–Crippen LogP) is 3.26. The largest absolute Gasteiger partial charge is 0.483 e. The fourth-order valence-electron chi connectivity index (χ4n) is 2.20. The quantitative estimate of drug-likeness (QED) is 0.827. The van der Waals surface area contributed by atoms with E-state index in [1.807, 2.05) is 32.9 Å². The van der Waals surface area contributed by atoms with E-state index < -0.39 is 0 Å². The molecular weight excluding hydrogens is 308 g/mol. The Morgan fingerprint density at radius 3 is 2.30 bits per heavy atom. The number of carbonyl (C=O) groups excluding carboxylic acids is 1. The minimum absolute atomic E-state index is 0.0395. The van der Waals surface area contributed by atoms with Crippen molar-refractivity contribution < 1.29 is 9.53 Å². The van der Waals surface area contributed by atoms with Gasteiger partial charge in [0.25, 0.3) is 5.91 Å². The van der Waals surface area contributed by atoms with Crippen LogP contribution in [0.4, 0.5) is 5.69 Å². The highest BCUT2D eigenvalue weighted by molar-refractivity contribution is 7.80. The molecule has 5 heteroatoms. The summed E-state index contributed by atoms with van der Waals surface area (Å²) >= 11 is 4.89. The number of ether oxygens (including phenoxy) is 1. The second kappa shape index (κ2) is 7.24. The van der Waals surface area contributed by atoms with Gasteiger partial charge in [-0.15, -0.1) is 0 Å². The van der Waals surface area contributed by atoms with Gasteiger partial charge in [-0.3, -0.25) is 4.79 Å². The lowest BCUT2D eigenvalue weighted by atomic mass is 10.1. The third-order valence-electron chi connectivity index (χ3n) is 3.67. The monoisotopic (exact) mass is 328 g/mol. The van der Waals surface area contributed by atoms with Gasteiger partial charge in [-0.2, -0.15) is 0 Å². The van der Waals surface area contributed by atoms with Gasteiger partial charge in [0.05, 0.1) is 0 Å². The lowest BCUT2D eigenvalue weighted by molar-refractivity contribution is -0.118. The number of hydrogen-bond donors (Lipinski definition) is 2. The number of anilines is 1. The van der Waals surface area contributed by atoms with Gasteiger partial charge in [0.15, 0.2) is 6.61 Å². The van der Waals surface area contributed by atoms with E-state index in [9.17, 15) is 4.79 Å².